The molecule has 0 fully saturated rings. The second-order valence-electron chi connectivity index (χ2n) is 5.22. The van der Waals surface area contributed by atoms with Gasteiger partial charge in [0.05, 0.1) is 0 Å². The Hall–Kier alpha value is -0.540. The summed E-state index contributed by atoms with van der Waals surface area (Å²) in [4.78, 5) is 2.46. The van der Waals surface area contributed by atoms with E-state index in [0.717, 1.165) is 23.2 Å². The van der Waals surface area contributed by atoms with Gasteiger partial charge in [-0.05, 0) is 31.9 Å². The Balaban J connectivity index is 2.86. The normalized spacial score (nSPS) is 11.8. The second-order valence-corrected chi connectivity index (χ2v) is 6.08. The fraction of sp³-hybridized carbons (Fsp3) is 0.571. The minimum Gasteiger partial charge on any atom is -0.398 e. The predicted molar refractivity (Wildman–Crippen MR) is 78.9 cm³/mol. The molecule has 17 heavy (non-hydrogen) atoms. The molecule has 0 aromatic heterocycles. The van der Waals surface area contributed by atoms with Crippen molar-refractivity contribution < 1.29 is 0 Å². The van der Waals surface area contributed by atoms with E-state index in [1.807, 2.05) is 12.1 Å². The molecule has 96 valence electrons. The highest BCUT2D eigenvalue weighted by molar-refractivity contribution is 9.10. The first-order chi connectivity index (χ1) is 7.91. The number of rotatable bonds is 5. The average Bonchev–Trinajstić information content (AvgIpc) is 2.21. The van der Waals surface area contributed by atoms with Crippen LogP contribution in [0.4, 0.5) is 5.69 Å². The molecule has 1 aromatic carbocycles. The highest BCUT2D eigenvalue weighted by Gasteiger charge is 2.14. The molecule has 2 N–H and O–H groups in total. The van der Waals surface area contributed by atoms with E-state index in [1.165, 1.54) is 5.56 Å². The van der Waals surface area contributed by atoms with Gasteiger partial charge in [0, 0.05) is 34.9 Å². The summed E-state index contributed by atoms with van der Waals surface area (Å²) in [6.45, 7) is 11.0. The number of nitrogens with two attached hydrogens (primary N) is 1. The van der Waals surface area contributed by atoms with Crippen molar-refractivity contribution >= 4 is 21.6 Å². The molecule has 0 heterocycles. The van der Waals surface area contributed by atoms with Crippen LogP contribution in [0.1, 0.15) is 33.3 Å². The highest BCUT2D eigenvalue weighted by Crippen LogP contribution is 2.25. The largest absolute Gasteiger partial charge is 0.398 e. The van der Waals surface area contributed by atoms with E-state index in [9.17, 15) is 0 Å². The molecule has 0 saturated heterocycles. The maximum absolute atomic E-state index is 6.04. The van der Waals surface area contributed by atoms with Gasteiger partial charge in [-0.2, -0.15) is 0 Å². The number of anilines is 1. The van der Waals surface area contributed by atoms with Gasteiger partial charge in [0.2, 0.25) is 0 Å². The van der Waals surface area contributed by atoms with E-state index in [2.05, 4.69) is 54.6 Å². The predicted octanol–water partition coefficient (Wildman–Crippen LogP) is 3.90. The van der Waals surface area contributed by atoms with Crippen LogP contribution < -0.4 is 5.73 Å². The summed E-state index contributed by atoms with van der Waals surface area (Å²) < 4.78 is 1.10. The summed E-state index contributed by atoms with van der Waals surface area (Å²) >= 11 is 3.58. The van der Waals surface area contributed by atoms with Crippen molar-refractivity contribution in [3.63, 3.8) is 0 Å². The Kier molecular flexibility index (Phi) is 5.47. The fourth-order valence-electron chi connectivity index (χ4n) is 1.87. The first-order valence-corrected chi connectivity index (χ1v) is 6.98. The van der Waals surface area contributed by atoms with Crippen LogP contribution in [0.3, 0.4) is 0 Å². The Morgan fingerprint density at radius 2 is 1.88 bits per heavy atom. The Morgan fingerprint density at radius 1 is 1.24 bits per heavy atom. The molecular formula is C14H23BrN2. The molecule has 0 aliphatic rings. The van der Waals surface area contributed by atoms with Gasteiger partial charge in [-0.15, -0.1) is 0 Å². The van der Waals surface area contributed by atoms with Gasteiger partial charge >= 0.3 is 0 Å². The van der Waals surface area contributed by atoms with E-state index < -0.39 is 0 Å². The minimum absolute atomic E-state index is 0.531. The fourth-order valence-corrected chi connectivity index (χ4v) is 2.38. The summed E-state index contributed by atoms with van der Waals surface area (Å²) in [5.41, 5.74) is 8.11. The Morgan fingerprint density at radius 3 is 2.35 bits per heavy atom. The lowest BCUT2D eigenvalue weighted by Gasteiger charge is -2.29. The summed E-state index contributed by atoms with van der Waals surface area (Å²) in [6, 6.07) is 6.53. The van der Waals surface area contributed by atoms with E-state index in [1.54, 1.807) is 0 Å². The zero-order valence-electron chi connectivity index (χ0n) is 11.2. The van der Waals surface area contributed by atoms with Crippen molar-refractivity contribution in [2.45, 2.75) is 40.3 Å². The van der Waals surface area contributed by atoms with Gasteiger partial charge in [0.15, 0.2) is 0 Å². The number of hydrogen-bond acceptors (Lipinski definition) is 2. The molecule has 1 rings (SSSR count). The highest BCUT2D eigenvalue weighted by atomic mass is 79.9. The molecule has 0 bridgehead atoms. The summed E-state index contributed by atoms with van der Waals surface area (Å²) in [5, 5.41) is 0. The first kappa shape index (κ1) is 14.5. The standard InChI is InChI=1S/C14H23BrN2/c1-10(2)8-17(11(3)4)9-12-13(15)6-5-7-14(12)16/h5-7,10-11H,8-9,16H2,1-4H3. The zero-order valence-corrected chi connectivity index (χ0v) is 12.8. The molecular weight excluding hydrogens is 276 g/mol. The van der Waals surface area contributed by atoms with Crippen LogP contribution in [0.5, 0.6) is 0 Å². The van der Waals surface area contributed by atoms with Gasteiger partial charge in [-0.25, -0.2) is 0 Å². The molecule has 0 radical (unpaired) electrons. The van der Waals surface area contributed by atoms with Crippen LogP contribution in [0.25, 0.3) is 0 Å². The molecule has 0 saturated carbocycles. The third kappa shape index (κ3) is 4.32. The minimum atomic E-state index is 0.531. The Bertz CT molecular complexity index is 341. The van der Waals surface area contributed by atoms with Crippen LogP contribution in [0.15, 0.2) is 22.7 Å². The number of nitrogen functional groups attached to an aromatic ring is 1. The lowest BCUT2D eigenvalue weighted by molar-refractivity contribution is 0.189. The topological polar surface area (TPSA) is 29.3 Å². The first-order valence-electron chi connectivity index (χ1n) is 6.18. The second kappa shape index (κ2) is 6.41. The molecule has 0 atom stereocenters. The smallest absolute Gasteiger partial charge is 0.0371 e. The van der Waals surface area contributed by atoms with Gasteiger partial charge in [-0.1, -0.05) is 35.8 Å². The van der Waals surface area contributed by atoms with Crippen molar-refractivity contribution in [3.8, 4) is 0 Å². The number of halogens is 1. The molecule has 3 heteroatoms. The van der Waals surface area contributed by atoms with Crippen LogP contribution in [-0.4, -0.2) is 17.5 Å². The zero-order chi connectivity index (χ0) is 13.0. The van der Waals surface area contributed by atoms with Crippen LogP contribution in [-0.2, 0) is 6.54 Å². The van der Waals surface area contributed by atoms with Gasteiger partial charge < -0.3 is 5.73 Å². The molecule has 1 aromatic rings. The van der Waals surface area contributed by atoms with E-state index in [0.29, 0.717) is 12.0 Å². The van der Waals surface area contributed by atoms with Crippen molar-refractivity contribution in [1.82, 2.24) is 4.90 Å². The van der Waals surface area contributed by atoms with Crippen LogP contribution in [0, 0.1) is 5.92 Å². The van der Waals surface area contributed by atoms with E-state index in [4.69, 9.17) is 5.73 Å². The molecule has 0 unspecified atom stereocenters. The lowest BCUT2D eigenvalue weighted by Crippen LogP contribution is -2.34. The van der Waals surface area contributed by atoms with E-state index >= 15 is 0 Å². The van der Waals surface area contributed by atoms with Crippen molar-refractivity contribution in [2.75, 3.05) is 12.3 Å². The quantitative estimate of drug-likeness (QED) is 0.836. The van der Waals surface area contributed by atoms with Crippen LogP contribution >= 0.6 is 15.9 Å². The molecule has 0 aliphatic heterocycles. The number of hydrogen-bond donors (Lipinski definition) is 1. The third-order valence-electron chi connectivity index (χ3n) is 2.85. The maximum Gasteiger partial charge on any atom is 0.0371 e. The van der Waals surface area contributed by atoms with Crippen molar-refractivity contribution in [2.24, 2.45) is 5.92 Å². The third-order valence-corrected chi connectivity index (χ3v) is 3.59. The van der Waals surface area contributed by atoms with Gasteiger partial charge in [-0.3, -0.25) is 4.90 Å². The lowest BCUT2D eigenvalue weighted by atomic mass is 10.1. The number of benzene rings is 1. The summed E-state index contributed by atoms with van der Waals surface area (Å²) in [6.07, 6.45) is 0. The Labute approximate surface area is 113 Å². The summed E-state index contributed by atoms with van der Waals surface area (Å²) in [7, 11) is 0. The van der Waals surface area contributed by atoms with Crippen molar-refractivity contribution in [3.05, 3.63) is 28.2 Å². The van der Waals surface area contributed by atoms with Crippen molar-refractivity contribution in [1.29, 1.82) is 0 Å². The van der Waals surface area contributed by atoms with E-state index in [-0.39, 0.29) is 0 Å². The monoisotopic (exact) mass is 298 g/mol. The maximum atomic E-state index is 6.04. The average molecular weight is 299 g/mol. The SMILES string of the molecule is CC(C)CN(Cc1c(N)cccc1Br)C(C)C. The molecule has 0 aliphatic carbocycles. The molecule has 0 amide bonds. The summed E-state index contributed by atoms with van der Waals surface area (Å²) in [5.74, 6) is 0.668. The van der Waals surface area contributed by atoms with Gasteiger partial charge in [0.1, 0.15) is 0 Å². The molecule has 2 nitrogen and oxygen atoms in total. The van der Waals surface area contributed by atoms with Gasteiger partial charge in [0.25, 0.3) is 0 Å². The molecule has 0 spiro atoms. The number of nitrogens with zero attached hydrogens (tertiary/aromatic N) is 1. The van der Waals surface area contributed by atoms with Crippen LogP contribution in [0.2, 0.25) is 0 Å².